The van der Waals surface area contributed by atoms with Gasteiger partial charge in [0.05, 0.1) is 17.9 Å². The molecule has 0 bridgehead atoms. The summed E-state index contributed by atoms with van der Waals surface area (Å²) in [5.74, 6) is -0.945. The summed E-state index contributed by atoms with van der Waals surface area (Å²) in [4.78, 5) is 30.6. The minimum atomic E-state index is -0.978. The molecule has 33 heavy (non-hydrogen) atoms. The van der Waals surface area contributed by atoms with Crippen molar-refractivity contribution in [3.8, 4) is 17.3 Å². The molecule has 10 nitrogen and oxygen atoms in total. The van der Waals surface area contributed by atoms with E-state index in [-0.39, 0.29) is 41.0 Å². The summed E-state index contributed by atoms with van der Waals surface area (Å²) in [6.07, 6.45) is -0.0194. The summed E-state index contributed by atoms with van der Waals surface area (Å²) in [6, 6.07) is 13.7. The zero-order valence-corrected chi connectivity index (χ0v) is 18.4. The number of anilines is 2. The standard InChI is InChI=1S/C22H20N6O4S/c1-13(29)25-15-7-5-14(6-8-15)20-18(11-23)21(24)27-22(26-20)33-12-17-4-2-3-16(28(17)32)9-10-19(30)31/h2-8H,9-10,12H2,1H3,(H,25,29)(H,30,31)(H2,24,26,27). The Labute approximate surface area is 193 Å². The highest BCUT2D eigenvalue weighted by atomic mass is 32.2. The molecule has 11 heteroatoms. The quantitative estimate of drug-likeness (QED) is 0.196. The molecular weight excluding hydrogens is 444 g/mol. The van der Waals surface area contributed by atoms with E-state index in [9.17, 15) is 20.1 Å². The maximum atomic E-state index is 12.5. The minimum Gasteiger partial charge on any atom is -0.618 e. The molecule has 0 aliphatic heterocycles. The van der Waals surface area contributed by atoms with Crippen LogP contribution in [-0.2, 0) is 21.8 Å². The first-order valence-electron chi connectivity index (χ1n) is 9.79. The fraction of sp³-hybridized carbons (Fsp3) is 0.182. The largest absolute Gasteiger partial charge is 0.618 e. The van der Waals surface area contributed by atoms with Crippen molar-refractivity contribution < 1.29 is 19.4 Å². The molecule has 2 aromatic heterocycles. The number of hydrogen-bond donors (Lipinski definition) is 3. The molecule has 2 heterocycles. The number of carboxylic acids is 1. The van der Waals surface area contributed by atoms with Crippen LogP contribution < -0.4 is 15.8 Å². The Bertz CT molecular complexity index is 1240. The number of nitrogens with one attached hydrogen (secondary N) is 1. The molecule has 0 aliphatic rings. The Morgan fingerprint density at radius 1 is 1.21 bits per heavy atom. The number of aryl methyl sites for hydroxylation is 1. The van der Waals surface area contributed by atoms with Gasteiger partial charge in [-0.2, -0.15) is 9.99 Å². The first kappa shape index (κ1) is 23.5. The van der Waals surface area contributed by atoms with Crippen molar-refractivity contribution in [3.63, 3.8) is 0 Å². The van der Waals surface area contributed by atoms with Gasteiger partial charge >= 0.3 is 5.97 Å². The number of carbonyl (C=O) groups is 2. The predicted molar refractivity (Wildman–Crippen MR) is 122 cm³/mol. The number of nitrogens with zero attached hydrogens (tertiary/aromatic N) is 4. The first-order chi connectivity index (χ1) is 15.8. The van der Waals surface area contributed by atoms with Crippen LogP contribution >= 0.6 is 11.8 Å². The van der Waals surface area contributed by atoms with Crippen LogP contribution in [0, 0.1) is 16.5 Å². The average Bonchev–Trinajstić information content (AvgIpc) is 2.77. The van der Waals surface area contributed by atoms with Crippen molar-refractivity contribution in [3.05, 3.63) is 64.6 Å². The third-order valence-corrected chi connectivity index (χ3v) is 5.43. The van der Waals surface area contributed by atoms with E-state index in [1.165, 1.54) is 18.7 Å². The average molecular weight is 465 g/mol. The summed E-state index contributed by atoms with van der Waals surface area (Å²) >= 11 is 1.17. The minimum absolute atomic E-state index is 0.0150. The van der Waals surface area contributed by atoms with Gasteiger partial charge in [0.1, 0.15) is 17.5 Å². The number of nitrogens with two attached hydrogens (primary N) is 1. The van der Waals surface area contributed by atoms with E-state index < -0.39 is 5.97 Å². The van der Waals surface area contributed by atoms with Gasteiger partial charge in [-0.15, -0.1) is 0 Å². The summed E-state index contributed by atoms with van der Waals surface area (Å²) in [7, 11) is 0. The van der Waals surface area contributed by atoms with Crippen LogP contribution in [0.5, 0.6) is 0 Å². The lowest BCUT2D eigenvalue weighted by molar-refractivity contribution is -0.621. The smallest absolute Gasteiger partial charge is 0.303 e. The highest BCUT2D eigenvalue weighted by Gasteiger charge is 2.17. The van der Waals surface area contributed by atoms with Crippen molar-refractivity contribution in [2.45, 2.75) is 30.7 Å². The second-order valence-electron chi connectivity index (χ2n) is 6.97. The molecule has 1 amide bonds. The lowest BCUT2D eigenvalue weighted by atomic mass is 10.1. The highest BCUT2D eigenvalue weighted by Crippen LogP contribution is 2.29. The van der Waals surface area contributed by atoms with Gasteiger partial charge in [-0.3, -0.25) is 9.59 Å². The van der Waals surface area contributed by atoms with Crippen molar-refractivity contribution in [2.75, 3.05) is 11.1 Å². The number of thioether (sulfide) groups is 1. The summed E-state index contributed by atoms with van der Waals surface area (Å²) < 4.78 is 0.713. The Morgan fingerprint density at radius 2 is 1.91 bits per heavy atom. The van der Waals surface area contributed by atoms with Gasteiger partial charge in [0.25, 0.3) is 0 Å². The molecule has 1 aromatic carbocycles. The zero-order chi connectivity index (χ0) is 24.0. The van der Waals surface area contributed by atoms with Crippen LogP contribution in [0.2, 0.25) is 0 Å². The number of carbonyl (C=O) groups excluding carboxylic acids is 1. The molecule has 0 saturated heterocycles. The van der Waals surface area contributed by atoms with Gasteiger partial charge in [-0.1, -0.05) is 23.9 Å². The summed E-state index contributed by atoms with van der Waals surface area (Å²) in [5.41, 5.74) is 8.44. The van der Waals surface area contributed by atoms with Crippen molar-refractivity contribution in [2.24, 2.45) is 0 Å². The maximum Gasteiger partial charge on any atom is 0.303 e. The van der Waals surface area contributed by atoms with Gasteiger partial charge in [-0.25, -0.2) is 9.97 Å². The number of aromatic nitrogens is 3. The molecule has 168 valence electrons. The molecule has 0 saturated carbocycles. The van der Waals surface area contributed by atoms with Crippen molar-refractivity contribution in [1.29, 1.82) is 5.26 Å². The monoisotopic (exact) mass is 464 g/mol. The third-order valence-electron chi connectivity index (χ3n) is 4.55. The van der Waals surface area contributed by atoms with Crippen LogP contribution in [0.1, 0.15) is 30.3 Å². The fourth-order valence-corrected chi connectivity index (χ4v) is 3.82. The van der Waals surface area contributed by atoms with Gasteiger partial charge in [0, 0.05) is 36.7 Å². The lowest BCUT2D eigenvalue weighted by Crippen LogP contribution is -2.36. The van der Waals surface area contributed by atoms with Crippen LogP contribution in [-0.4, -0.2) is 27.0 Å². The van der Waals surface area contributed by atoms with E-state index in [1.54, 1.807) is 42.5 Å². The van der Waals surface area contributed by atoms with E-state index >= 15 is 0 Å². The Kier molecular flexibility index (Phi) is 7.42. The van der Waals surface area contributed by atoms with Gasteiger partial charge in [-0.05, 0) is 18.2 Å². The SMILES string of the molecule is CC(=O)Nc1ccc(-c2nc(SCc3cccc(CCC(=O)O)[n+]3[O-])nc(N)c2C#N)cc1. The number of carboxylic acid groups (broad SMARTS) is 1. The number of amides is 1. The molecule has 0 fully saturated rings. The number of nitrogen functional groups attached to an aromatic ring is 1. The van der Waals surface area contributed by atoms with E-state index in [4.69, 9.17) is 10.8 Å². The fourth-order valence-electron chi connectivity index (χ4n) is 3.01. The second-order valence-corrected chi connectivity index (χ2v) is 7.91. The topological polar surface area (TPSA) is 169 Å². The summed E-state index contributed by atoms with van der Waals surface area (Å²) in [6.45, 7) is 1.41. The number of nitriles is 1. The van der Waals surface area contributed by atoms with E-state index in [1.807, 2.05) is 6.07 Å². The number of benzene rings is 1. The zero-order valence-electron chi connectivity index (χ0n) is 17.6. The predicted octanol–water partition coefficient (Wildman–Crippen LogP) is 2.50. The third kappa shape index (κ3) is 5.96. The van der Waals surface area contributed by atoms with Crippen molar-refractivity contribution in [1.82, 2.24) is 9.97 Å². The molecule has 0 spiro atoms. The highest BCUT2D eigenvalue weighted by molar-refractivity contribution is 7.98. The van der Waals surface area contributed by atoms with Gasteiger partial charge in [0.2, 0.25) is 11.6 Å². The molecule has 3 rings (SSSR count). The molecular formula is C22H20N6O4S. The Morgan fingerprint density at radius 3 is 2.55 bits per heavy atom. The molecule has 0 aliphatic carbocycles. The summed E-state index contributed by atoms with van der Waals surface area (Å²) in [5, 5.41) is 33.9. The van der Waals surface area contributed by atoms with Gasteiger partial charge < -0.3 is 21.4 Å². The number of rotatable bonds is 8. The Hall–Kier alpha value is -4.17. The van der Waals surface area contributed by atoms with Crippen LogP contribution in [0.15, 0.2) is 47.6 Å². The van der Waals surface area contributed by atoms with Crippen molar-refractivity contribution >= 4 is 35.1 Å². The van der Waals surface area contributed by atoms with E-state index in [0.717, 1.165) is 0 Å². The van der Waals surface area contributed by atoms with E-state index in [0.29, 0.717) is 33.1 Å². The first-order valence-corrected chi connectivity index (χ1v) is 10.8. The lowest BCUT2D eigenvalue weighted by Gasteiger charge is -2.11. The van der Waals surface area contributed by atoms with Gasteiger partial charge in [0.15, 0.2) is 10.9 Å². The molecule has 0 radical (unpaired) electrons. The van der Waals surface area contributed by atoms with Crippen LogP contribution in [0.4, 0.5) is 11.5 Å². The Balaban J connectivity index is 1.85. The maximum absolute atomic E-state index is 12.5. The van der Waals surface area contributed by atoms with Crippen LogP contribution in [0.3, 0.4) is 0 Å². The normalized spacial score (nSPS) is 10.4. The molecule has 0 unspecified atom stereocenters. The number of hydrogen-bond acceptors (Lipinski definition) is 8. The molecule has 3 aromatic rings. The van der Waals surface area contributed by atoms with E-state index in [2.05, 4.69) is 15.3 Å². The number of aliphatic carboxylic acids is 1. The molecule has 0 atom stereocenters. The second kappa shape index (κ2) is 10.4. The number of pyridine rings is 1. The molecule has 4 N–H and O–H groups in total. The van der Waals surface area contributed by atoms with Crippen LogP contribution in [0.25, 0.3) is 11.3 Å².